The van der Waals surface area contributed by atoms with Gasteiger partial charge in [-0.3, -0.25) is 0 Å². The normalized spacial score (nSPS) is 15.2. The molecular formula is C25H23F2N3O. The van der Waals surface area contributed by atoms with Gasteiger partial charge >= 0.3 is 0 Å². The van der Waals surface area contributed by atoms with Crippen LogP contribution in [0, 0.1) is 11.6 Å². The number of rotatable bonds is 4. The minimum Gasteiger partial charge on any atom is -0.437 e. The molecule has 2 aromatic carbocycles. The molecule has 2 aromatic heterocycles. The van der Waals surface area contributed by atoms with Crippen molar-refractivity contribution in [1.29, 1.82) is 0 Å². The van der Waals surface area contributed by atoms with Gasteiger partial charge in [0.15, 0.2) is 0 Å². The quantitative estimate of drug-likeness (QED) is 0.363. The number of nitrogens with zero attached hydrogens (tertiary/aromatic N) is 2. The first-order valence-electron chi connectivity index (χ1n) is 10.7. The molecule has 0 unspecified atom stereocenters. The molecule has 0 aliphatic heterocycles. The van der Waals surface area contributed by atoms with E-state index in [1.807, 2.05) is 0 Å². The summed E-state index contributed by atoms with van der Waals surface area (Å²) >= 11 is 0. The number of nitrogens with one attached hydrogen (secondary N) is 1. The van der Waals surface area contributed by atoms with Gasteiger partial charge in [-0.25, -0.2) is 18.7 Å². The van der Waals surface area contributed by atoms with Crippen molar-refractivity contribution in [3.05, 3.63) is 66.5 Å². The van der Waals surface area contributed by atoms with Crippen molar-refractivity contribution in [2.75, 3.05) is 5.32 Å². The van der Waals surface area contributed by atoms with Crippen LogP contribution in [-0.4, -0.2) is 16.0 Å². The van der Waals surface area contributed by atoms with Gasteiger partial charge in [0.1, 0.15) is 29.5 Å². The molecule has 6 heteroatoms. The van der Waals surface area contributed by atoms with E-state index in [-0.39, 0.29) is 11.6 Å². The molecule has 0 bridgehead atoms. The monoisotopic (exact) mass is 419 g/mol. The van der Waals surface area contributed by atoms with Crippen LogP contribution in [0.3, 0.4) is 0 Å². The van der Waals surface area contributed by atoms with Gasteiger partial charge < -0.3 is 9.73 Å². The van der Waals surface area contributed by atoms with Crippen molar-refractivity contribution in [1.82, 2.24) is 9.97 Å². The lowest BCUT2D eigenvalue weighted by Gasteiger charge is -2.17. The fourth-order valence-corrected chi connectivity index (χ4v) is 4.36. The van der Waals surface area contributed by atoms with Crippen LogP contribution in [0.2, 0.25) is 0 Å². The van der Waals surface area contributed by atoms with E-state index in [4.69, 9.17) is 4.42 Å². The highest BCUT2D eigenvalue weighted by Gasteiger charge is 2.23. The first kappa shape index (κ1) is 19.7. The molecule has 158 valence electrons. The second kappa shape index (κ2) is 8.46. The summed E-state index contributed by atoms with van der Waals surface area (Å²) in [6.07, 6.45) is 8.61. The lowest BCUT2D eigenvalue weighted by atomic mass is 9.99. The van der Waals surface area contributed by atoms with E-state index in [1.165, 1.54) is 56.3 Å². The molecule has 1 aliphatic rings. The van der Waals surface area contributed by atoms with Crippen LogP contribution >= 0.6 is 0 Å². The zero-order chi connectivity index (χ0) is 21.2. The molecule has 5 rings (SSSR count). The summed E-state index contributed by atoms with van der Waals surface area (Å²) in [6.45, 7) is 0. The lowest BCUT2D eigenvalue weighted by Crippen LogP contribution is -2.19. The molecular weight excluding hydrogens is 396 g/mol. The summed E-state index contributed by atoms with van der Waals surface area (Å²) in [5.41, 5.74) is 2.74. The summed E-state index contributed by atoms with van der Waals surface area (Å²) in [5.74, 6) is 0.644. The molecule has 2 heterocycles. The van der Waals surface area contributed by atoms with Crippen molar-refractivity contribution >= 4 is 16.9 Å². The Bertz CT molecular complexity index is 1180. The Labute approximate surface area is 179 Å². The number of halogens is 2. The highest BCUT2D eigenvalue weighted by molar-refractivity contribution is 6.05. The molecule has 1 N–H and O–H groups in total. The van der Waals surface area contributed by atoms with Gasteiger partial charge in [-0.2, -0.15) is 0 Å². The van der Waals surface area contributed by atoms with Gasteiger partial charge in [0, 0.05) is 17.2 Å². The summed E-state index contributed by atoms with van der Waals surface area (Å²) < 4.78 is 33.3. The fourth-order valence-electron chi connectivity index (χ4n) is 4.36. The number of anilines is 1. The maximum absolute atomic E-state index is 13.6. The zero-order valence-electron chi connectivity index (χ0n) is 17.1. The third-order valence-corrected chi connectivity index (χ3v) is 5.92. The van der Waals surface area contributed by atoms with E-state index in [1.54, 1.807) is 24.3 Å². The van der Waals surface area contributed by atoms with E-state index in [0.29, 0.717) is 23.3 Å². The smallest absolute Gasteiger partial charge is 0.232 e. The van der Waals surface area contributed by atoms with Gasteiger partial charge in [0.2, 0.25) is 5.71 Å². The molecule has 0 amide bonds. The maximum Gasteiger partial charge on any atom is 0.232 e. The van der Waals surface area contributed by atoms with E-state index < -0.39 is 0 Å². The number of benzene rings is 2. The standard InChI is InChI=1S/C25H23F2N3O/c26-18-11-7-16(8-12-18)21-22-24(30-20-5-3-1-2-4-6-20)28-15-29-25(22)31-23(21)17-9-13-19(27)14-10-17/h7-15,20H,1-6H2,(H,28,29,30). The Morgan fingerprint density at radius 1 is 0.774 bits per heavy atom. The average molecular weight is 419 g/mol. The van der Waals surface area contributed by atoms with Crippen LogP contribution < -0.4 is 5.32 Å². The fraction of sp³-hybridized carbons (Fsp3) is 0.280. The lowest BCUT2D eigenvalue weighted by molar-refractivity contribution is 0.612. The topological polar surface area (TPSA) is 51.0 Å². The largest absolute Gasteiger partial charge is 0.437 e. The van der Waals surface area contributed by atoms with Gasteiger partial charge in [-0.05, 0) is 54.8 Å². The van der Waals surface area contributed by atoms with Crippen molar-refractivity contribution in [3.63, 3.8) is 0 Å². The van der Waals surface area contributed by atoms with Crippen LogP contribution in [0.5, 0.6) is 0 Å². The van der Waals surface area contributed by atoms with Crippen LogP contribution in [-0.2, 0) is 0 Å². The van der Waals surface area contributed by atoms with Crippen molar-refractivity contribution < 1.29 is 13.2 Å². The number of furan rings is 1. The van der Waals surface area contributed by atoms with Gasteiger partial charge in [0.05, 0.1) is 5.39 Å². The second-order valence-corrected chi connectivity index (χ2v) is 8.06. The van der Waals surface area contributed by atoms with Crippen LogP contribution in [0.1, 0.15) is 38.5 Å². The Balaban J connectivity index is 1.68. The zero-order valence-corrected chi connectivity index (χ0v) is 17.1. The second-order valence-electron chi connectivity index (χ2n) is 8.06. The Morgan fingerprint density at radius 3 is 2.03 bits per heavy atom. The molecule has 1 aliphatic carbocycles. The summed E-state index contributed by atoms with van der Waals surface area (Å²) in [5, 5.41) is 4.38. The molecule has 0 spiro atoms. The maximum atomic E-state index is 13.6. The van der Waals surface area contributed by atoms with Crippen molar-refractivity contribution in [2.24, 2.45) is 0 Å². The Morgan fingerprint density at radius 2 is 1.39 bits per heavy atom. The van der Waals surface area contributed by atoms with Crippen LogP contribution in [0.15, 0.2) is 59.3 Å². The Kier molecular flexibility index (Phi) is 5.37. The summed E-state index contributed by atoms with van der Waals surface area (Å²) in [6, 6.07) is 12.8. The average Bonchev–Trinajstić information content (AvgIpc) is 2.98. The SMILES string of the molecule is Fc1ccc(-c2oc3ncnc(NC4CCCCCC4)c3c2-c2ccc(F)cc2)cc1. The van der Waals surface area contributed by atoms with E-state index in [9.17, 15) is 8.78 Å². The van der Waals surface area contributed by atoms with Crippen LogP contribution in [0.4, 0.5) is 14.6 Å². The Hall–Kier alpha value is -3.28. The molecule has 1 fully saturated rings. The van der Waals surface area contributed by atoms with E-state index >= 15 is 0 Å². The molecule has 0 atom stereocenters. The molecule has 31 heavy (non-hydrogen) atoms. The van der Waals surface area contributed by atoms with Crippen molar-refractivity contribution in [2.45, 2.75) is 44.6 Å². The molecule has 4 aromatic rings. The molecule has 4 nitrogen and oxygen atoms in total. The predicted molar refractivity (Wildman–Crippen MR) is 118 cm³/mol. The number of hydrogen-bond donors (Lipinski definition) is 1. The number of fused-ring (bicyclic) bond motifs is 1. The summed E-state index contributed by atoms with van der Waals surface area (Å²) in [4.78, 5) is 8.90. The van der Waals surface area contributed by atoms with Gasteiger partial charge in [-0.1, -0.05) is 37.8 Å². The first-order chi connectivity index (χ1) is 15.2. The van der Waals surface area contributed by atoms with Gasteiger partial charge in [-0.15, -0.1) is 0 Å². The van der Waals surface area contributed by atoms with Crippen LogP contribution in [0.25, 0.3) is 33.6 Å². The summed E-state index contributed by atoms with van der Waals surface area (Å²) in [7, 11) is 0. The minimum absolute atomic E-state index is 0.312. The highest BCUT2D eigenvalue weighted by Crippen LogP contribution is 2.43. The third-order valence-electron chi connectivity index (χ3n) is 5.92. The highest BCUT2D eigenvalue weighted by atomic mass is 19.1. The number of hydrogen-bond acceptors (Lipinski definition) is 4. The third kappa shape index (κ3) is 4.02. The molecule has 0 saturated heterocycles. The first-order valence-corrected chi connectivity index (χ1v) is 10.7. The minimum atomic E-state index is -0.321. The molecule has 0 radical (unpaired) electrons. The van der Waals surface area contributed by atoms with Gasteiger partial charge in [0.25, 0.3) is 0 Å². The molecule has 1 saturated carbocycles. The van der Waals surface area contributed by atoms with E-state index in [0.717, 1.165) is 34.9 Å². The predicted octanol–water partition coefficient (Wildman–Crippen LogP) is 6.97. The van der Waals surface area contributed by atoms with E-state index in [2.05, 4.69) is 15.3 Å². The van der Waals surface area contributed by atoms with Crippen molar-refractivity contribution in [3.8, 4) is 22.5 Å². The number of aromatic nitrogens is 2.